The Bertz CT molecular complexity index is 612. The lowest BCUT2D eigenvalue weighted by Gasteiger charge is -2.05. The summed E-state index contributed by atoms with van der Waals surface area (Å²) in [6, 6.07) is 8.13. The molecule has 1 aliphatic heterocycles. The molecule has 4 heteroatoms. The molecule has 1 aliphatic rings. The van der Waals surface area contributed by atoms with Crippen LogP contribution in [0, 0.1) is 5.92 Å². The van der Waals surface area contributed by atoms with Crippen LogP contribution in [0.5, 0.6) is 0 Å². The number of hydrogen-bond donors (Lipinski definition) is 0. The Balaban J connectivity index is 1.78. The van der Waals surface area contributed by atoms with Gasteiger partial charge in [-0.05, 0) is 25.3 Å². The molecule has 0 radical (unpaired) electrons. The number of benzene rings is 1. The SMILES string of the molecule is CCn1nc(CC(=O)CC2CCOC2)c2ccccc21. The van der Waals surface area contributed by atoms with E-state index < -0.39 is 0 Å². The summed E-state index contributed by atoms with van der Waals surface area (Å²) >= 11 is 0. The first-order valence-electron chi connectivity index (χ1n) is 7.31. The number of carbonyl (C=O) groups excluding carboxylic acids is 1. The number of hydrogen-bond acceptors (Lipinski definition) is 3. The fourth-order valence-corrected chi connectivity index (χ4v) is 2.89. The Labute approximate surface area is 118 Å². The van der Waals surface area contributed by atoms with Gasteiger partial charge in [0.25, 0.3) is 0 Å². The van der Waals surface area contributed by atoms with E-state index in [0.29, 0.717) is 18.8 Å². The summed E-state index contributed by atoms with van der Waals surface area (Å²) in [5, 5.41) is 5.69. The van der Waals surface area contributed by atoms with E-state index in [-0.39, 0.29) is 5.78 Å². The molecule has 106 valence electrons. The van der Waals surface area contributed by atoms with Crippen LogP contribution in [-0.4, -0.2) is 28.8 Å². The predicted molar refractivity (Wildman–Crippen MR) is 77.7 cm³/mol. The minimum absolute atomic E-state index is 0.270. The number of aromatic nitrogens is 2. The third-order valence-corrected chi connectivity index (χ3v) is 3.94. The van der Waals surface area contributed by atoms with E-state index in [0.717, 1.165) is 42.8 Å². The smallest absolute Gasteiger partial charge is 0.139 e. The van der Waals surface area contributed by atoms with Crippen molar-refractivity contribution >= 4 is 16.7 Å². The Morgan fingerprint density at radius 1 is 1.45 bits per heavy atom. The molecular formula is C16H20N2O2. The fourth-order valence-electron chi connectivity index (χ4n) is 2.89. The van der Waals surface area contributed by atoms with Gasteiger partial charge >= 0.3 is 0 Å². The summed E-state index contributed by atoms with van der Waals surface area (Å²) in [5.41, 5.74) is 2.02. The number of nitrogens with zero attached hydrogens (tertiary/aromatic N) is 2. The lowest BCUT2D eigenvalue weighted by Crippen LogP contribution is -2.11. The molecule has 1 saturated heterocycles. The summed E-state index contributed by atoms with van der Waals surface area (Å²) in [4.78, 5) is 12.2. The first kappa shape index (κ1) is 13.3. The average Bonchev–Trinajstić information content (AvgIpc) is 3.07. The Morgan fingerprint density at radius 2 is 2.30 bits per heavy atom. The topological polar surface area (TPSA) is 44.1 Å². The number of rotatable bonds is 5. The van der Waals surface area contributed by atoms with Crippen molar-refractivity contribution in [3.05, 3.63) is 30.0 Å². The zero-order valence-corrected chi connectivity index (χ0v) is 11.8. The molecule has 1 fully saturated rings. The van der Waals surface area contributed by atoms with Gasteiger partial charge in [-0.1, -0.05) is 18.2 Å². The Hall–Kier alpha value is -1.68. The second-order valence-corrected chi connectivity index (χ2v) is 5.43. The molecule has 0 saturated carbocycles. The van der Waals surface area contributed by atoms with Crippen molar-refractivity contribution in [2.24, 2.45) is 5.92 Å². The molecule has 0 bridgehead atoms. The number of ether oxygens (including phenoxy) is 1. The van der Waals surface area contributed by atoms with Crippen LogP contribution in [0.25, 0.3) is 10.9 Å². The maximum atomic E-state index is 12.2. The molecule has 4 nitrogen and oxygen atoms in total. The first-order chi connectivity index (χ1) is 9.78. The van der Waals surface area contributed by atoms with Crippen molar-refractivity contribution in [1.29, 1.82) is 0 Å². The van der Waals surface area contributed by atoms with Crippen LogP contribution in [0.15, 0.2) is 24.3 Å². The molecule has 1 aromatic heterocycles. The quantitative estimate of drug-likeness (QED) is 0.840. The zero-order valence-electron chi connectivity index (χ0n) is 11.8. The van der Waals surface area contributed by atoms with Crippen molar-refractivity contribution < 1.29 is 9.53 Å². The third kappa shape index (κ3) is 2.61. The molecule has 0 amide bonds. The zero-order chi connectivity index (χ0) is 13.9. The molecular weight excluding hydrogens is 252 g/mol. The van der Waals surface area contributed by atoms with E-state index >= 15 is 0 Å². The van der Waals surface area contributed by atoms with Gasteiger partial charge < -0.3 is 4.74 Å². The second kappa shape index (κ2) is 5.75. The largest absolute Gasteiger partial charge is 0.381 e. The Kier molecular flexibility index (Phi) is 3.83. The molecule has 20 heavy (non-hydrogen) atoms. The minimum Gasteiger partial charge on any atom is -0.381 e. The molecule has 1 aromatic carbocycles. The van der Waals surface area contributed by atoms with Crippen LogP contribution in [0.3, 0.4) is 0 Å². The maximum absolute atomic E-state index is 12.2. The van der Waals surface area contributed by atoms with Crippen molar-refractivity contribution in [2.45, 2.75) is 32.7 Å². The van der Waals surface area contributed by atoms with Crippen LogP contribution in [-0.2, 0) is 22.5 Å². The van der Waals surface area contributed by atoms with Gasteiger partial charge in [0, 0.05) is 31.6 Å². The van der Waals surface area contributed by atoms with Crippen LogP contribution < -0.4 is 0 Å². The molecule has 0 N–H and O–H groups in total. The van der Waals surface area contributed by atoms with Crippen LogP contribution in [0.4, 0.5) is 0 Å². The summed E-state index contributed by atoms with van der Waals surface area (Å²) < 4.78 is 7.30. The molecule has 3 rings (SSSR count). The highest BCUT2D eigenvalue weighted by molar-refractivity contribution is 5.88. The highest BCUT2D eigenvalue weighted by Crippen LogP contribution is 2.21. The van der Waals surface area contributed by atoms with Crippen LogP contribution in [0.2, 0.25) is 0 Å². The molecule has 1 atom stereocenters. The highest BCUT2D eigenvalue weighted by atomic mass is 16.5. The lowest BCUT2D eigenvalue weighted by molar-refractivity contribution is -0.119. The predicted octanol–water partition coefficient (Wildman–Crippen LogP) is 2.59. The monoisotopic (exact) mass is 272 g/mol. The van der Waals surface area contributed by atoms with Gasteiger partial charge in [0.2, 0.25) is 0 Å². The average molecular weight is 272 g/mol. The molecule has 2 heterocycles. The number of aryl methyl sites for hydroxylation is 1. The summed E-state index contributed by atoms with van der Waals surface area (Å²) in [7, 11) is 0. The fraction of sp³-hybridized carbons (Fsp3) is 0.500. The number of ketones is 1. The van der Waals surface area contributed by atoms with E-state index in [4.69, 9.17) is 4.74 Å². The van der Waals surface area contributed by atoms with Gasteiger partial charge in [0.05, 0.1) is 17.6 Å². The van der Waals surface area contributed by atoms with Crippen molar-refractivity contribution in [3.8, 4) is 0 Å². The van der Waals surface area contributed by atoms with Gasteiger partial charge in [0.15, 0.2) is 0 Å². The van der Waals surface area contributed by atoms with Gasteiger partial charge in [-0.2, -0.15) is 5.10 Å². The van der Waals surface area contributed by atoms with Crippen molar-refractivity contribution in [1.82, 2.24) is 9.78 Å². The lowest BCUT2D eigenvalue weighted by atomic mass is 9.99. The number of carbonyl (C=O) groups is 1. The van der Waals surface area contributed by atoms with E-state index in [1.807, 2.05) is 16.8 Å². The van der Waals surface area contributed by atoms with Crippen LogP contribution in [0.1, 0.15) is 25.5 Å². The van der Waals surface area contributed by atoms with Gasteiger partial charge in [-0.15, -0.1) is 0 Å². The minimum atomic E-state index is 0.270. The molecule has 0 spiro atoms. The van der Waals surface area contributed by atoms with E-state index in [1.54, 1.807) is 0 Å². The number of para-hydroxylation sites is 1. The van der Waals surface area contributed by atoms with Crippen molar-refractivity contribution in [3.63, 3.8) is 0 Å². The summed E-state index contributed by atoms with van der Waals surface area (Å²) in [6.07, 6.45) is 2.06. The molecule has 2 aromatic rings. The maximum Gasteiger partial charge on any atom is 0.139 e. The summed E-state index contributed by atoms with van der Waals surface area (Å²) in [6.45, 7) is 4.42. The summed E-state index contributed by atoms with van der Waals surface area (Å²) in [5.74, 6) is 0.675. The van der Waals surface area contributed by atoms with Gasteiger partial charge in [0.1, 0.15) is 5.78 Å². The second-order valence-electron chi connectivity index (χ2n) is 5.43. The van der Waals surface area contributed by atoms with Crippen LogP contribution >= 0.6 is 0 Å². The standard InChI is InChI=1S/C16H20N2O2/c1-2-18-16-6-4-3-5-14(16)15(17-18)10-13(19)9-12-7-8-20-11-12/h3-6,12H,2,7-11H2,1H3. The number of Topliss-reactive ketones (excluding diaryl/α,β-unsaturated/α-hetero) is 1. The van der Waals surface area contributed by atoms with Gasteiger partial charge in [-0.25, -0.2) is 0 Å². The number of fused-ring (bicyclic) bond motifs is 1. The Morgan fingerprint density at radius 3 is 3.05 bits per heavy atom. The van der Waals surface area contributed by atoms with E-state index in [9.17, 15) is 4.79 Å². The normalized spacial score (nSPS) is 18.8. The van der Waals surface area contributed by atoms with Crippen molar-refractivity contribution in [2.75, 3.05) is 13.2 Å². The third-order valence-electron chi connectivity index (χ3n) is 3.94. The highest BCUT2D eigenvalue weighted by Gasteiger charge is 2.20. The first-order valence-corrected chi connectivity index (χ1v) is 7.31. The molecule has 1 unspecified atom stereocenters. The van der Waals surface area contributed by atoms with Gasteiger partial charge in [-0.3, -0.25) is 9.48 Å². The molecule has 0 aliphatic carbocycles. The van der Waals surface area contributed by atoms with E-state index in [1.165, 1.54) is 0 Å². The van der Waals surface area contributed by atoms with E-state index in [2.05, 4.69) is 24.2 Å².